The molecule has 1 rings (SSSR count). The van der Waals surface area contributed by atoms with Gasteiger partial charge >= 0.3 is 0 Å². The van der Waals surface area contributed by atoms with Crippen molar-refractivity contribution in [2.24, 2.45) is 0 Å². The summed E-state index contributed by atoms with van der Waals surface area (Å²) in [6, 6.07) is -0.916. The van der Waals surface area contributed by atoms with Crippen molar-refractivity contribution in [2.75, 3.05) is 13.1 Å². The van der Waals surface area contributed by atoms with Crippen LogP contribution in [0.1, 0.15) is 20.3 Å². The van der Waals surface area contributed by atoms with Gasteiger partial charge in [0.05, 0.1) is 12.6 Å². The molecular formula is C9H17F2N2OP. The average molecular weight is 238 g/mol. The van der Waals surface area contributed by atoms with Crippen LogP contribution in [0.25, 0.3) is 0 Å². The molecule has 2 unspecified atom stereocenters. The first-order valence-corrected chi connectivity index (χ1v) is 5.58. The lowest BCUT2D eigenvalue weighted by molar-refractivity contribution is -0.0927. The lowest BCUT2D eigenvalue weighted by Crippen LogP contribution is -2.58. The molecule has 1 heterocycles. The fourth-order valence-corrected chi connectivity index (χ4v) is 1.96. The molecule has 3 nitrogen and oxygen atoms in total. The minimum Gasteiger partial charge on any atom is -0.344 e. The van der Waals surface area contributed by atoms with Crippen LogP contribution in [0.2, 0.25) is 0 Å². The van der Waals surface area contributed by atoms with Crippen molar-refractivity contribution in [1.82, 2.24) is 10.2 Å². The number of halogens is 2. The van der Waals surface area contributed by atoms with E-state index < -0.39 is 17.6 Å². The number of nitrogens with zero attached hydrogens (tertiary/aromatic N) is 1. The molecule has 0 radical (unpaired) electrons. The van der Waals surface area contributed by atoms with E-state index >= 15 is 0 Å². The van der Waals surface area contributed by atoms with Gasteiger partial charge in [0.25, 0.3) is 5.92 Å². The summed E-state index contributed by atoms with van der Waals surface area (Å²) >= 11 is 0. The van der Waals surface area contributed by atoms with Crippen LogP contribution in [0.5, 0.6) is 0 Å². The molecule has 0 aliphatic carbocycles. The highest BCUT2D eigenvalue weighted by Gasteiger charge is 2.45. The Labute approximate surface area is 90.8 Å². The maximum Gasteiger partial charge on any atom is 0.280 e. The quantitative estimate of drug-likeness (QED) is 0.742. The van der Waals surface area contributed by atoms with E-state index in [0.717, 1.165) is 0 Å². The van der Waals surface area contributed by atoms with Crippen LogP contribution in [0.4, 0.5) is 13.6 Å². The zero-order valence-electron chi connectivity index (χ0n) is 8.96. The topological polar surface area (TPSA) is 32.3 Å². The third-order valence-electron chi connectivity index (χ3n) is 2.68. The van der Waals surface area contributed by atoms with E-state index in [1.54, 1.807) is 4.90 Å². The van der Waals surface area contributed by atoms with Gasteiger partial charge in [-0.05, 0) is 29.5 Å². The van der Waals surface area contributed by atoms with Gasteiger partial charge in [-0.2, -0.15) is 0 Å². The zero-order chi connectivity index (χ0) is 11.6. The third kappa shape index (κ3) is 3.35. The normalized spacial score (nSPS) is 26.7. The van der Waals surface area contributed by atoms with Crippen LogP contribution in [-0.2, 0) is 0 Å². The number of likely N-dealkylation sites (tertiary alicyclic amines) is 1. The Bertz CT molecular complexity index is 248. The van der Waals surface area contributed by atoms with Crippen LogP contribution in [0, 0.1) is 0 Å². The number of hydrogen-bond donors (Lipinski definition) is 1. The number of carbonyl (C=O) groups excluding carboxylic acids is 1. The molecule has 1 N–H and O–H groups in total. The van der Waals surface area contributed by atoms with E-state index in [1.165, 1.54) is 0 Å². The number of rotatable bonds is 2. The molecule has 0 aromatic carbocycles. The fraction of sp³-hybridized carbons (Fsp3) is 0.889. The molecule has 6 heteroatoms. The lowest BCUT2D eigenvalue weighted by Gasteiger charge is -2.40. The summed E-state index contributed by atoms with van der Waals surface area (Å²) < 4.78 is 27.1. The van der Waals surface area contributed by atoms with E-state index in [2.05, 4.69) is 5.32 Å². The summed E-state index contributed by atoms with van der Waals surface area (Å²) in [4.78, 5) is 12.4. The van der Waals surface area contributed by atoms with Gasteiger partial charge in [-0.25, -0.2) is 8.78 Å². The Kier molecular flexibility index (Phi) is 4.01. The Balaban J connectivity index is 2.62. The highest BCUT2D eigenvalue weighted by atomic mass is 31.0. The number of carbonyl (C=O) groups is 1. The predicted molar refractivity (Wildman–Crippen MR) is 58.3 cm³/mol. The second kappa shape index (κ2) is 4.71. The highest BCUT2D eigenvalue weighted by molar-refractivity contribution is 7.39. The molecule has 1 amide bonds. The van der Waals surface area contributed by atoms with Gasteiger partial charge in [0.15, 0.2) is 0 Å². The number of alkyl halides is 2. The van der Waals surface area contributed by atoms with Crippen molar-refractivity contribution >= 4 is 14.9 Å². The smallest absolute Gasteiger partial charge is 0.280 e. The van der Waals surface area contributed by atoms with Crippen molar-refractivity contribution in [3.63, 3.8) is 0 Å². The van der Waals surface area contributed by atoms with Crippen LogP contribution in [0.3, 0.4) is 0 Å². The predicted octanol–water partition coefficient (Wildman–Crippen LogP) is 1.69. The van der Waals surface area contributed by atoms with E-state index in [0.29, 0.717) is 13.0 Å². The van der Waals surface area contributed by atoms with Crippen molar-refractivity contribution in [3.05, 3.63) is 0 Å². The molecule has 1 aliphatic rings. The largest absolute Gasteiger partial charge is 0.344 e. The molecule has 0 spiro atoms. The summed E-state index contributed by atoms with van der Waals surface area (Å²) in [7, 11) is 1.86. The number of nitrogens with one attached hydrogen (secondary N) is 1. The first-order valence-electron chi connectivity index (χ1n) is 5.01. The second-order valence-corrected chi connectivity index (χ2v) is 4.70. The minimum absolute atomic E-state index is 0.114. The van der Waals surface area contributed by atoms with Crippen LogP contribution < -0.4 is 5.32 Å². The van der Waals surface area contributed by atoms with Crippen LogP contribution >= 0.6 is 9.24 Å². The number of amides is 1. The Morgan fingerprint density at radius 2 is 2.20 bits per heavy atom. The standard InChI is InChI=1S/C9H17F2N2OP/c1-6(2)13-4-3-7(12-8(14)15)9(10,11)5-13/h6-7H,3-5,15H2,1-2H3,(H,12,14). The molecule has 0 bridgehead atoms. The summed E-state index contributed by atoms with van der Waals surface area (Å²) in [5, 5.41) is 2.28. The van der Waals surface area contributed by atoms with Gasteiger partial charge in [-0.1, -0.05) is 0 Å². The van der Waals surface area contributed by atoms with Gasteiger partial charge < -0.3 is 5.32 Å². The third-order valence-corrected chi connectivity index (χ3v) is 2.84. The van der Waals surface area contributed by atoms with Crippen LogP contribution in [0.15, 0.2) is 0 Å². The number of piperidine rings is 1. The molecular weight excluding hydrogens is 221 g/mol. The van der Waals surface area contributed by atoms with E-state index in [9.17, 15) is 13.6 Å². The first kappa shape index (κ1) is 12.8. The van der Waals surface area contributed by atoms with Crippen molar-refractivity contribution < 1.29 is 13.6 Å². The molecule has 0 aromatic rings. The monoisotopic (exact) mass is 238 g/mol. The van der Waals surface area contributed by atoms with Crippen molar-refractivity contribution in [3.8, 4) is 0 Å². The Hall–Kier alpha value is -0.280. The number of hydrogen-bond acceptors (Lipinski definition) is 2. The Morgan fingerprint density at radius 3 is 2.60 bits per heavy atom. The molecule has 2 atom stereocenters. The van der Waals surface area contributed by atoms with Gasteiger partial charge in [-0.3, -0.25) is 9.69 Å². The second-order valence-electron chi connectivity index (χ2n) is 4.18. The maximum absolute atomic E-state index is 13.6. The molecule has 1 fully saturated rings. The van der Waals surface area contributed by atoms with E-state index in [1.807, 2.05) is 23.1 Å². The summed E-state index contributed by atoms with van der Waals surface area (Å²) in [6.07, 6.45) is 0.297. The van der Waals surface area contributed by atoms with Gasteiger partial charge in [-0.15, -0.1) is 0 Å². The summed E-state index contributed by atoms with van der Waals surface area (Å²) in [6.45, 7) is 4.11. The average Bonchev–Trinajstić information content (AvgIpc) is 2.07. The molecule has 1 saturated heterocycles. The van der Waals surface area contributed by atoms with Gasteiger partial charge in [0, 0.05) is 12.6 Å². The summed E-state index contributed by atoms with van der Waals surface area (Å²) in [5.74, 6) is -2.84. The molecule has 15 heavy (non-hydrogen) atoms. The van der Waals surface area contributed by atoms with Crippen molar-refractivity contribution in [2.45, 2.75) is 38.3 Å². The molecule has 0 saturated carbocycles. The molecule has 1 aliphatic heterocycles. The minimum atomic E-state index is -2.84. The van der Waals surface area contributed by atoms with E-state index in [-0.39, 0.29) is 12.6 Å². The fourth-order valence-electron chi connectivity index (χ4n) is 1.76. The van der Waals surface area contributed by atoms with E-state index in [4.69, 9.17) is 0 Å². The highest BCUT2D eigenvalue weighted by Crippen LogP contribution is 2.28. The summed E-state index contributed by atoms with van der Waals surface area (Å²) in [5.41, 5.74) is -0.474. The Morgan fingerprint density at radius 1 is 1.60 bits per heavy atom. The van der Waals surface area contributed by atoms with Gasteiger partial charge in [0.2, 0.25) is 5.65 Å². The molecule has 88 valence electrons. The van der Waals surface area contributed by atoms with Crippen LogP contribution in [-0.4, -0.2) is 41.6 Å². The van der Waals surface area contributed by atoms with Crippen molar-refractivity contribution in [1.29, 1.82) is 0 Å². The first-order chi connectivity index (χ1) is 6.83. The zero-order valence-corrected chi connectivity index (χ0v) is 10.1. The maximum atomic E-state index is 13.6. The van der Waals surface area contributed by atoms with Gasteiger partial charge in [0.1, 0.15) is 0 Å². The SMILES string of the molecule is CC(C)N1CCC(NC(=O)P)C(F)(F)C1. The molecule has 0 aromatic heterocycles. The lowest BCUT2D eigenvalue weighted by atomic mass is 10.00.